The third-order valence-electron chi connectivity index (χ3n) is 5.93. The van der Waals surface area contributed by atoms with Gasteiger partial charge in [0.1, 0.15) is 5.75 Å². The summed E-state index contributed by atoms with van der Waals surface area (Å²) in [6.07, 6.45) is 1.41. The molecule has 0 atom stereocenters. The van der Waals surface area contributed by atoms with Crippen LogP contribution in [0.15, 0.2) is 83.1 Å². The molecule has 1 amide bonds. The van der Waals surface area contributed by atoms with Gasteiger partial charge in [-0.15, -0.1) is 10.2 Å². The maximum atomic E-state index is 12.6. The lowest BCUT2D eigenvalue weighted by atomic mass is 9.87. The lowest BCUT2D eigenvalue weighted by Gasteiger charge is -2.19. The standard InChI is InChI=1S/C30H31N5O4S/c1-20-9-15-24(16-10-20)35-28(21-11-13-23(14-12-21)30(2,3)4)33-34-29(35)40-19-26(36)32-31-17-22-7-5-6-8-25(22)39-18-27(37)38/h5-17H,18-19H2,1-4H3,(H,32,36)(H,37,38)/b31-17-. The summed E-state index contributed by atoms with van der Waals surface area (Å²) in [4.78, 5) is 23.4. The number of carbonyl (C=O) groups is 2. The average molecular weight is 558 g/mol. The topological polar surface area (TPSA) is 119 Å². The van der Waals surface area contributed by atoms with Crippen LogP contribution in [-0.2, 0) is 15.0 Å². The van der Waals surface area contributed by atoms with E-state index in [-0.39, 0.29) is 17.1 Å². The highest BCUT2D eigenvalue weighted by Gasteiger charge is 2.19. The predicted molar refractivity (Wildman–Crippen MR) is 156 cm³/mol. The number of amides is 1. The summed E-state index contributed by atoms with van der Waals surface area (Å²) < 4.78 is 7.21. The Morgan fingerprint density at radius 1 is 1.02 bits per heavy atom. The van der Waals surface area contributed by atoms with Crippen molar-refractivity contribution in [2.75, 3.05) is 12.4 Å². The van der Waals surface area contributed by atoms with Crippen molar-refractivity contribution in [1.82, 2.24) is 20.2 Å². The molecule has 0 radical (unpaired) electrons. The molecule has 0 unspecified atom stereocenters. The van der Waals surface area contributed by atoms with Crippen molar-refractivity contribution >= 4 is 29.9 Å². The number of nitrogens with zero attached hydrogens (tertiary/aromatic N) is 4. The van der Waals surface area contributed by atoms with Crippen LogP contribution in [0.5, 0.6) is 5.75 Å². The molecule has 2 N–H and O–H groups in total. The first-order valence-corrected chi connectivity index (χ1v) is 13.6. The van der Waals surface area contributed by atoms with Gasteiger partial charge in [0.2, 0.25) is 0 Å². The number of carboxylic acids is 1. The molecule has 0 saturated heterocycles. The molecule has 0 saturated carbocycles. The quantitative estimate of drug-likeness (QED) is 0.155. The molecule has 1 heterocycles. The molecular formula is C30H31N5O4S. The average Bonchev–Trinajstić information content (AvgIpc) is 3.35. The van der Waals surface area contributed by atoms with E-state index >= 15 is 0 Å². The number of thioether (sulfide) groups is 1. The second-order valence-electron chi connectivity index (χ2n) is 10.1. The summed E-state index contributed by atoms with van der Waals surface area (Å²) in [5, 5.41) is 22.3. The van der Waals surface area contributed by atoms with Gasteiger partial charge in [0, 0.05) is 16.8 Å². The van der Waals surface area contributed by atoms with Crippen molar-refractivity contribution in [3.8, 4) is 22.8 Å². The van der Waals surface area contributed by atoms with Crippen LogP contribution in [0.2, 0.25) is 0 Å². The number of benzene rings is 3. The normalized spacial score (nSPS) is 11.5. The van der Waals surface area contributed by atoms with Crippen molar-refractivity contribution < 1.29 is 19.4 Å². The van der Waals surface area contributed by atoms with Crippen LogP contribution in [0.3, 0.4) is 0 Å². The zero-order valence-corrected chi connectivity index (χ0v) is 23.6. The van der Waals surface area contributed by atoms with E-state index in [4.69, 9.17) is 9.84 Å². The van der Waals surface area contributed by atoms with Crippen molar-refractivity contribution in [2.45, 2.75) is 38.3 Å². The van der Waals surface area contributed by atoms with Crippen LogP contribution < -0.4 is 10.2 Å². The van der Waals surface area contributed by atoms with Crippen LogP contribution in [-0.4, -0.2) is 50.3 Å². The van der Waals surface area contributed by atoms with E-state index < -0.39 is 12.6 Å². The van der Waals surface area contributed by atoms with E-state index in [2.05, 4.69) is 53.6 Å². The molecule has 0 fully saturated rings. The first kappa shape index (κ1) is 28.6. The summed E-state index contributed by atoms with van der Waals surface area (Å²) in [6, 6.07) is 23.2. The van der Waals surface area contributed by atoms with Gasteiger partial charge in [-0.3, -0.25) is 9.36 Å². The third kappa shape index (κ3) is 7.35. The minimum atomic E-state index is -1.08. The Labute approximate surface area is 237 Å². The Bertz CT molecular complexity index is 1510. The van der Waals surface area contributed by atoms with E-state index in [9.17, 15) is 9.59 Å². The fourth-order valence-corrected chi connectivity index (χ4v) is 4.53. The Morgan fingerprint density at radius 3 is 2.40 bits per heavy atom. The van der Waals surface area contributed by atoms with Crippen LogP contribution in [0.25, 0.3) is 17.1 Å². The highest BCUT2D eigenvalue weighted by Crippen LogP contribution is 2.30. The fourth-order valence-electron chi connectivity index (χ4n) is 3.79. The lowest BCUT2D eigenvalue weighted by molar-refractivity contribution is -0.139. The smallest absolute Gasteiger partial charge is 0.341 e. The first-order chi connectivity index (χ1) is 19.1. The second kappa shape index (κ2) is 12.6. The monoisotopic (exact) mass is 557 g/mol. The number of hydrogen-bond acceptors (Lipinski definition) is 7. The van der Waals surface area contributed by atoms with Gasteiger partial charge in [-0.2, -0.15) is 5.10 Å². The van der Waals surface area contributed by atoms with Gasteiger partial charge in [-0.05, 0) is 42.2 Å². The summed E-state index contributed by atoms with van der Waals surface area (Å²) in [5.74, 6) is -0.323. The van der Waals surface area contributed by atoms with E-state index in [1.807, 2.05) is 47.9 Å². The molecule has 0 bridgehead atoms. The number of aromatic nitrogens is 3. The molecule has 4 rings (SSSR count). The predicted octanol–water partition coefficient (Wildman–Crippen LogP) is 5.25. The molecule has 4 aromatic rings. The number of ether oxygens (including phenoxy) is 1. The molecule has 206 valence electrons. The molecule has 10 heteroatoms. The summed E-state index contributed by atoms with van der Waals surface area (Å²) >= 11 is 1.25. The summed E-state index contributed by atoms with van der Waals surface area (Å²) in [5.41, 5.74) is 7.25. The highest BCUT2D eigenvalue weighted by molar-refractivity contribution is 7.99. The van der Waals surface area contributed by atoms with E-state index in [0.717, 1.165) is 16.8 Å². The Balaban J connectivity index is 1.49. The molecule has 3 aromatic carbocycles. The minimum absolute atomic E-state index is 0.0353. The van der Waals surface area contributed by atoms with Crippen molar-refractivity contribution in [3.05, 3.63) is 89.5 Å². The second-order valence-corrected chi connectivity index (χ2v) is 11.0. The van der Waals surface area contributed by atoms with E-state index in [1.165, 1.54) is 23.5 Å². The summed E-state index contributed by atoms with van der Waals surface area (Å²) in [7, 11) is 0. The maximum Gasteiger partial charge on any atom is 0.341 e. The number of carboxylic acid groups (broad SMARTS) is 1. The van der Waals surface area contributed by atoms with Gasteiger partial charge in [0.05, 0.1) is 12.0 Å². The molecule has 0 spiro atoms. The molecule has 0 aliphatic rings. The van der Waals surface area contributed by atoms with E-state index in [1.54, 1.807) is 24.3 Å². The third-order valence-corrected chi connectivity index (χ3v) is 6.86. The number of nitrogens with one attached hydrogen (secondary N) is 1. The van der Waals surface area contributed by atoms with Gasteiger partial charge in [-0.1, -0.05) is 86.6 Å². The number of aryl methyl sites for hydroxylation is 1. The van der Waals surface area contributed by atoms with E-state index in [0.29, 0.717) is 22.3 Å². The first-order valence-electron chi connectivity index (χ1n) is 12.6. The van der Waals surface area contributed by atoms with Crippen molar-refractivity contribution in [2.24, 2.45) is 5.10 Å². The highest BCUT2D eigenvalue weighted by atomic mass is 32.2. The Hall–Kier alpha value is -4.44. The number of para-hydroxylation sites is 1. The van der Waals surface area contributed by atoms with Gasteiger partial charge in [-0.25, -0.2) is 10.2 Å². The Kier molecular flexibility index (Phi) is 9.00. The van der Waals surface area contributed by atoms with Crippen LogP contribution in [0.1, 0.15) is 37.5 Å². The van der Waals surface area contributed by atoms with Gasteiger partial charge < -0.3 is 9.84 Å². The van der Waals surface area contributed by atoms with Crippen LogP contribution in [0, 0.1) is 6.92 Å². The van der Waals surface area contributed by atoms with Gasteiger partial charge >= 0.3 is 5.97 Å². The number of aliphatic carboxylic acids is 1. The molecule has 40 heavy (non-hydrogen) atoms. The molecule has 0 aliphatic carbocycles. The molecular weight excluding hydrogens is 526 g/mol. The summed E-state index contributed by atoms with van der Waals surface area (Å²) in [6.45, 7) is 8.07. The number of hydrazone groups is 1. The van der Waals surface area contributed by atoms with Crippen molar-refractivity contribution in [3.63, 3.8) is 0 Å². The Morgan fingerprint density at radius 2 is 1.73 bits per heavy atom. The minimum Gasteiger partial charge on any atom is -0.481 e. The van der Waals surface area contributed by atoms with Gasteiger partial charge in [0.25, 0.3) is 5.91 Å². The zero-order valence-electron chi connectivity index (χ0n) is 22.8. The maximum absolute atomic E-state index is 12.6. The fraction of sp³-hybridized carbons (Fsp3) is 0.233. The molecule has 1 aromatic heterocycles. The van der Waals surface area contributed by atoms with Gasteiger partial charge in [0.15, 0.2) is 17.6 Å². The number of rotatable bonds is 10. The van der Waals surface area contributed by atoms with Crippen molar-refractivity contribution in [1.29, 1.82) is 0 Å². The van der Waals surface area contributed by atoms with Crippen LogP contribution >= 0.6 is 11.8 Å². The zero-order chi connectivity index (χ0) is 28.7. The molecule has 0 aliphatic heterocycles. The number of hydrogen-bond donors (Lipinski definition) is 2. The molecule has 9 nitrogen and oxygen atoms in total. The van der Waals surface area contributed by atoms with Crippen LogP contribution in [0.4, 0.5) is 0 Å². The lowest BCUT2D eigenvalue weighted by Crippen LogP contribution is -2.20. The number of carbonyl (C=O) groups excluding carboxylic acids is 1. The largest absolute Gasteiger partial charge is 0.481 e. The SMILES string of the molecule is Cc1ccc(-n2c(SCC(=O)N/N=C\c3ccccc3OCC(=O)O)nnc2-c2ccc(C(C)(C)C)cc2)cc1.